The number of carbonyl (C=O) groups excluding carboxylic acids is 2. The van der Waals surface area contributed by atoms with Gasteiger partial charge in [0.05, 0.1) is 23.7 Å². The largest absolute Gasteiger partial charge is 0.497 e. The summed E-state index contributed by atoms with van der Waals surface area (Å²) in [4.78, 5) is 53.7. The molecule has 1 aliphatic heterocycles. The predicted molar refractivity (Wildman–Crippen MR) is 159 cm³/mol. The first-order valence-corrected chi connectivity index (χ1v) is 13.4. The maximum absolute atomic E-state index is 13.8. The molecule has 6 rings (SSSR count). The molecular weight excluding hydrogens is 552 g/mol. The molecule has 0 saturated carbocycles. The van der Waals surface area contributed by atoms with Crippen LogP contribution in [0.1, 0.15) is 15.9 Å². The number of benzene rings is 4. The van der Waals surface area contributed by atoms with Crippen molar-refractivity contribution >= 4 is 28.4 Å². The maximum Gasteiger partial charge on any atom is 0.336 e. The highest BCUT2D eigenvalue weighted by molar-refractivity contribution is 5.98. The molecule has 0 radical (unpaired) electrons. The number of nitrogens with one attached hydrogen (secondary N) is 2. The number of amides is 2. The highest BCUT2D eigenvalue weighted by atomic mass is 16.7. The molecule has 0 spiro atoms. The van der Waals surface area contributed by atoms with E-state index >= 15 is 0 Å². The number of ether oxygens (including phenoxy) is 3. The van der Waals surface area contributed by atoms with E-state index in [1.54, 1.807) is 66.7 Å². The Kier molecular flexibility index (Phi) is 7.35. The molecule has 2 heterocycles. The van der Waals surface area contributed by atoms with Crippen LogP contribution in [0.2, 0.25) is 0 Å². The van der Waals surface area contributed by atoms with Gasteiger partial charge in [-0.2, -0.15) is 0 Å². The van der Waals surface area contributed by atoms with Crippen molar-refractivity contribution < 1.29 is 23.8 Å². The SMILES string of the molecule is COc1cccc(NC(=O)Cn2c(=O)n(-c3ccccc3)c(=O)c3ccc(C(=O)NCc4ccc5c(c4)OCO5)cc32)c1. The van der Waals surface area contributed by atoms with E-state index in [9.17, 15) is 19.2 Å². The Morgan fingerprint density at radius 3 is 2.51 bits per heavy atom. The van der Waals surface area contributed by atoms with Gasteiger partial charge in [0.25, 0.3) is 11.5 Å². The highest BCUT2D eigenvalue weighted by Gasteiger charge is 2.19. The maximum atomic E-state index is 13.8. The van der Waals surface area contributed by atoms with E-state index in [0.29, 0.717) is 28.6 Å². The monoisotopic (exact) mass is 578 g/mol. The number of carbonyl (C=O) groups is 2. The Hall–Kier alpha value is -5.84. The minimum atomic E-state index is -0.720. The van der Waals surface area contributed by atoms with E-state index < -0.39 is 29.6 Å². The number of nitrogens with zero attached hydrogens (tertiary/aromatic N) is 2. The molecule has 11 nitrogen and oxygen atoms in total. The van der Waals surface area contributed by atoms with Gasteiger partial charge >= 0.3 is 5.69 Å². The summed E-state index contributed by atoms with van der Waals surface area (Å²) in [5, 5.41) is 5.78. The average molecular weight is 579 g/mol. The molecule has 2 N–H and O–H groups in total. The Bertz CT molecular complexity index is 1980. The summed E-state index contributed by atoms with van der Waals surface area (Å²) in [6, 6.07) is 25.1. The summed E-state index contributed by atoms with van der Waals surface area (Å²) in [6.45, 7) is -0.0612. The van der Waals surface area contributed by atoms with Crippen molar-refractivity contribution in [3.05, 3.63) is 123 Å². The van der Waals surface area contributed by atoms with Gasteiger partial charge in [0.1, 0.15) is 12.3 Å². The third-order valence-corrected chi connectivity index (χ3v) is 6.97. The molecule has 0 fully saturated rings. The van der Waals surface area contributed by atoms with Crippen LogP contribution in [0.3, 0.4) is 0 Å². The normalized spacial score (nSPS) is 11.7. The lowest BCUT2D eigenvalue weighted by Gasteiger charge is -2.15. The summed E-state index contributed by atoms with van der Waals surface area (Å²) in [5.41, 5.74) is 0.708. The molecular formula is C32H26N4O7. The number of anilines is 1. The van der Waals surface area contributed by atoms with Crippen LogP contribution in [0.4, 0.5) is 5.69 Å². The molecule has 1 aromatic heterocycles. The van der Waals surface area contributed by atoms with Crippen LogP contribution >= 0.6 is 0 Å². The first kappa shape index (κ1) is 27.3. The zero-order valence-electron chi connectivity index (χ0n) is 23.0. The van der Waals surface area contributed by atoms with Crippen LogP contribution in [-0.2, 0) is 17.9 Å². The number of methoxy groups -OCH3 is 1. The fourth-order valence-corrected chi connectivity index (χ4v) is 4.85. The first-order chi connectivity index (χ1) is 20.9. The van der Waals surface area contributed by atoms with Crippen LogP contribution in [0.25, 0.3) is 16.6 Å². The quantitative estimate of drug-likeness (QED) is 0.289. The molecule has 216 valence electrons. The number of fused-ring (bicyclic) bond motifs is 2. The highest BCUT2D eigenvalue weighted by Crippen LogP contribution is 2.32. The number of rotatable bonds is 8. The molecule has 4 aromatic carbocycles. The lowest BCUT2D eigenvalue weighted by Crippen LogP contribution is -2.41. The smallest absolute Gasteiger partial charge is 0.336 e. The Morgan fingerprint density at radius 2 is 1.70 bits per heavy atom. The lowest BCUT2D eigenvalue weighted by atomic mass is 10.1. The van der Waals surface area contributed by atoms with Crippen molar-refractivity contribution in [2.45, 2.75) is 13.1 Å². The zero-order valence-corrected chi connectivity index (χ0v) is 23.0. The minimum absolute atomic E-state index is 0.146. The van der Waals surface area contributed by atoms with Crippen LogP contribution < -0.4 is 36.1 Å². The molecule has 43 heavy (non-hydrogen) atoms. The summed E-state index contributed by atoms with van der Waals surface area (Å²) in [7, 11) is 1.52. The second-order valence-electron chi connectivity index (χ2n) is 9.73. The van der Waals surface area contributed by atoms with E-state index in [-0.39, 0.29) is 29.8 Å². The van der Waals surface area contributed by atoms with Crippen LogP contribution in [0.15, 0.2) is 101 Å². The third kappa shape index (κ3) is 5.55. The minimum Gasteiger partial charge on any atom is -0.497 e. The second-order valence-corrected chi connectivity index (χ2v) is 9.73. The molecule has 1 aliphatic rings. The van der Waals surface area contributed by atoms with Gasteiger partial charge in [0, 0.05) is 23.9 Å². The van der Waals surface area contributed by atoms with Gasteiger partial charge < -0.3 is 24.8 Å². The van der Waals surface area contributed by atoms with Crippen molar-refractivity contribution in [1.29, 1.82) is 0 Å². The van der Waals surface area contributed by atoms with Gasteiger partial charge in [-0.05, 0) is 60.2 Å². The summed E-state index contributed by atoms with van der Waals surface area (Å²) in [5.74, 6) is 0.858. The molecule has 0 unspecified atom stereocenters. The third-order valence-electron chi connectivity index (χ3n) is 6.97. The molecule has 2 amide bonds. The van der Waals surface area contributed by atoms with Crippen molar-refractivity contribution in [1.82, 2.24) is 14.5 Å². The van der Waals surface area contributed by atoms with E-state index in [1.165, 1.54) is 29.9 Å². The van der Waals surface area contributed by atoms with E-state index in [4.69, 9.17) is 14.2 Å². The van der Waals surface area contributed by atoms with Crippen molar-refractivity contribution in [2.24, 2.45) is 0 Å². The van der Waals surface area contributed by atoms with Crippen LogP contribution in [-0.4, -0.2) is 34.9 Å². The zero-order chi connectivity index (χ0) is 29.9. The van der Waals surface area contributed by atoms with Gasteiger partial charge in [0.15, 0.2) is 11.5 Å². The number of hydrogen-bond acceptors (Lipinski definition) is 7. The van der Waals surface area contributed by atoms with Gasteiger partial charge in [0.2, 0.25) is 12.7 Å². The fourth-order valence-electron chi connectivity index (χ4n) is 4.85. The van der Waals surface area contributed by atoms with Crippen molar-refractivity contribution in [3.63, 3.8) is 0 Å². The lowest BCUT2D eigenvalue weighted by molar-refractivity contribution is -0.116. The van der Waals surface area contributed by atoms with Crippen molar-refractivity contribution in [3.8, 4) is 22.9 Å². The molecule has 0 bridgehead atoms. The van der Waals surface area contributed by atoms with E-state index in [0.717, 1.165) is 10.1 Å². The molecule has 0 atom stereocenters. The first-order valence-electron chi connectivity index (χ1n) is 13.4. The fraction of sp³-hybridized carbons (Fsp3) is 0.125. The molecule has 0 aliphatic carbocycles. The summed E-state index contributed by atoms with van der Waals surface area (Å²) >= 11 is 0. The van der Waals surface area contributed by atoms with Gasteiger partial charge in [-0.25, -0.2) is 9.36 Å². The topological polar surface area (TPSA) is 130 Å². The second kappa shape index (κ2) is 11.6. The summed E-state index contributed by atoms with van der Waals surface area (Å²) < 4.78 is 18.1. The van der Waals surface area contributed by atoms with E-state index in [2.05, 4.69) is 10.6 Å². The summed E-state index contributed by atoms with van der Waals surface area (Å²) in [6.07, 6.45) is 0. The average Bonchev–Trinajstić information content (AvgIpc) is 3.50. The van der Waals surface area contributed by atoms with Gasteiger partial charge in [-0.3, -0.25) is 19.0 Å². The van der Waals surface area contributed by atoms with Gasteiger partial charge in [-0.1, -0.05) is 30.3 Å². The van der Waals surface area contributed by atoms with Crippen LogP contribution in [0.5, 0.6) is 17.2 Å². The number of para-hydroxylation sites is 1. The number of aromatic nitrogens is 2. The van der Waals surface area contributed by atoms with Crippen LogP contribution in [0, 0.1) is 0 Å². The molecule has 11 heteroatoms. The molecule has 5 aromatic rings. The number of hydrogen-bond donors (Lipinski definition) is 2. The van der Waals surface area contributed by atoms with Crippen molar-refractivity contribution in [2.75, 3.05) is 19.2 Å². The Balaban J connectivity index is 1.35. The Labute approximate surface area is 244 Å². The standard InChI is InChI=1S/C32H26N4O7/c1-41-24-9-5-6-22(16-24)34-29(37)18-35-26-15-21(30(38)33-17-20-10-13-27-28(14-20)43-19-42-27)11-12-25(26)31(39)36(32(35)40)23-7-3-2-4-8-23/h2-16H,17-19H2,1H3,(H,33,38)(H,34,37). The predicted octanol–water partition coefficient (Wildman–Crippen LogP) is 3.46. The van der Waals surface area contributed by atoms with Gasteiger partial charge in [-0.15, -0.1) is 0 Å². The molecule has 0 saturated heterocycles. The van der Waals surface area contributed by atoms with E-state index in [1.807, 2.05) is 6.07 Å². The Morgan fingerprint density at radius 1 is 0.884 bits per heavy atom.